The van der Waals surface area contributed by atoms with Gasteiger partial charge in [0.2, 0.25) is 0 Å². The Labute approximate surface area is 153 Å². The summed E-state index contributed by atoms with van der Waals surface area (Å²) in [5.41, 5.74) is 6.52. The van der Waals surface area contributed by atoms with Gasteiger partial charge in [-0.05, 0) is 78.6 Å². The van der Waals surface area contributed by atoms with Crippen LogP contribution in [0.25, 0.3) is 16.5 Å². The second-order valence-corrected chi connectivity index (χ2v) is 7.26. The van der Waals surface area contributed by atoms with Gasteiger partial charge in [0.05, 0.1) is 5.02 Å². The largest absolute Gasteiger partial charge is 0.361 e. The van der Waals surface area contributed by atoms with E-state index in [2.05, 4.69) is 53.0 Å². The van der Waals surface area contributed by atoms with Crippen molar-refractivity contribution < 1.29 is 0 Å². The van der Waals surface area contributed by atoms with Crippen LogP contribution in [0.5, 0.6) is 0 Å². The number of rotatable bonds is 2. The van der Waals surface area contributed by atoms with Gasteiger partial charge in [-0.1, -0.05) is 17.7 Å². The minimum Gasteiger partial charge on any atom is -0.361 e. The van der Waals surface area contributed by atoms with Crippen molar-refractivity contribution >= 4 is 33.9 Å². The molecule has 4 heteroatoms. The van der Waals surface area contributed by atoms with Gasteiger partial charge in [0.1, 0.15) is 5.82 Å². The molecule has 0 aliphatic carbocycles. The van der Waals surface area contributed by atoms with Crippen LogP contribution in [0.2, 0.25) is 5.02 Å². The second kappa shape index (κ2) is 6.57. The predicted octanol–water partition coefficient (Wildman–Crippen LogP) is 5.60. The highest BCUT2D eigenvalue weighted by atomic mass is 35.5. The van der Waals surface area contributed by atoms with Crippen LogP contribution < -0.4 is 4.90 Å². The fourth-order valence-corrected chi connectivity index (χ4v) is 3.93. The minimum atomic E-state index is 0.699. The van der Waals surface area contributed by atoms with Gasteiger partial charge in [-0.3, -0.25) is 0 Å². The quantitative estimate of drug-likeness (QED) is 0.651. The molecule has 128 valence electrons. The molecule has 0 bridgehead atoms. The van der Waals surface area contributed by atoms with Gasteiger partial charge in [0, 0.05) is 31.0 Å². The van der Waals surface area contributed by atoms with E-state index in [-0.39, 0.29) is 0 Å². The lowest BCUT2D eigenvalue weighted by Gasteiger charge is -2.32. The molecule has 0 spiro atoms. The number of halogens is 1. The zero-order valence-corrected chi connectivity index (χ0v) is 15.4. The van der Waals surface area contributed by atoms with Crippen LogP contribution in [0.4, 0.5) is 5.82 Å². The first-order valence-corrected chi connectivity index (χ1v) is 9.13. The minimum absolute atomic E-state index is 0.699. The Morgan fingerprint density at radius 2 is 2.12 bits per heavy atom. The van der Waals surface area contributed by atoms with Gasteiger partial charge in [0.15, 0.2) is 0 Å². The number of H-pyrrole nitrogens is 1. The number of aromatic nitrogens is 2. The molecule has 3 aromatic rings. The van der Waals surface area contributed by atoms with Crippen molar-refractivity contribution in [3.05, 3.63) is 64.4 Å². The van der Waals surface area contributed by atoms with E-state index in [0.29, 0.717) is 5.02 Å². The number of anilines is 1. The van der Waals surface area contributed by atoms with Crippen LogP contribution in [0, 0.1) is 6.92 Å². The molecule has 1 saturated heterocycles. The number of fused-ring (bicyclic) bond motifs is 1. The van der Waals surface area contributed by atoms with E-state index in [0.717, 1.165) is 37.3 Å². The van der Waals surface area contributed by atoms with Crippen LogP contribution >= 0.6 is 11.6 Å². The van der Waals surface area contributed by atoms with E-state index in [4.69, 9.17) is 11.6 Å². The molecule has 2 aromatic heterocycles. The van der Waals surface area contributed by atoms with Crippen LogP contribution in [0.3, 0.4) is 0 Å². The fourth-order valence-electron chi connectivity index (χ4n) is 3.71. The van der Waals surface area contributed by atoms with Crippen LogP contribution in [0.15, 0.2) is 48.3 Å². The third-order valence-electron chi connectivity index (χ3n) is 5.12. The summed E-state index contributed by atoms with van der Waals surface area (Å²) >= 11 is 6.06. The molecule has 25 heavy (non-hydrogen) atoms. The topological polar surface area (TPSA) is 31.9 Å². The van der Waals surface area contributed by atoms with Crippen LogP contribution in [-0.2, 0) is 0 Å². The Kier molecular flexibility index (Phi) is 4.26. The molecule has 0 amide bonds. The monoisotopic (exact) mass is 351 g/mol. The van der Waals surface area contributed by atoms with Crippen molar-refractivity contribution in [3.8, 4) is 0 Å². The van der Waals surface area contributed by atoms with Gasteiger partial charge < -0.3 is 9.88 Å². The van der Waals surface area contributed by atoms with E-state index in [9.17, 15) is 0 Å². The highest BCUT2D eigenvalue weighted by Crippen LogP contribution is 2.30. The van der Waals surface area contributed by atoms with E-state index < -0.39 is 0 Å². The molecular formula is C21H22ClN3. The maximum Gasteiger partial charge on any atom is 0.131 e. The van der Waals surface area contributed by atoms with Crippen molar-refractivity contribution in [2.75, 3.05) is 18.0 Å². The fraction of sp³-hybridized carbons (Fsp3) is 0.286. The van der Waals surface area contributed by atoms with Crippen LogP contribution in [0.1, 0.15) is 30.9 Å². The third-order valence-corrected chi connectivity index (χ3v) is 5.33. The number of allylic oxidation sites excluding steroid dienone is 1. The number of aryl methyl sites for hydroxylation is 1. The Morgan fingerprint density at radius 1 is 1.24 bits per heavy atom. The lowest BCUT2D eigenvalue weighted by atomic mass is 9.94. The summed E-state index contributed by atoms with van der Waals surface area (Å²) in [6, 6.07) is 10.8. The molecule has 3 nitrogen and oxygen atoms in total. The lowest BCUT2D eigenvalue weighted by molar-refractivity contribution is 0.670. The van der Waals surface area contributed by atoms with Crippen molar-refractivity contribution in [1.82, 2.24) is 9.97 Å². The van der Waals surface area contributed by atoms with Gasteiger partial charge in [-0.15, -0.1) is 0 Å². The predicted molar refractivity (Wildman–Crippen MR) is 106 cm³/mol. The van der Waals surface area contributed by atoms with Gasteiger partial charge in [-0.2, -0.15) is 0 Å². The van der Waals surface area contributed by atoms with Crippen molar-refractivity contribution in [3.63, 3.8) is 0 Å². The molecule has 0 saturated carbocycles. The molecule has 1 aliphatic rings. The number of piperidine rings is 1. The molecular weight excluding hydrogens is 330 g/mol. The number of nitrogens with one attached hydrogen (secondary N) is 1. The average Bonchev–Trinajstić information content (AvgIpc) is 3.09. The maximum atomic E-state index is 6.06. The standard InChI is InChI=1S/C21H22ClN3/c1-14-10-19(22)12-24-21(14)25-9-3-4-18(13-25)15(2)16-5-6-20-17(11-16)7-8-23-20/h5-8,10-12,23H,3-4,9,13H2,1-2H3/b18-15-. The number of pyridine rings is 1. The molecule has 1 aliphatic heterocycles. The number of hydrogen-bond donors (Lipinski definition) is 1. The summed E-state index contributed by atoms with van der Waals surface area (Å²) in [4.78, 5) is 10.2. The smallest absolute Gasteiger partial charge is 0.131 e. The molecule has 0 radical (unpaired) electrons. The summed E-state index contributed by atoms with van der Waals surface area (Å²) in [5, 5.41) is 1.96. The van der Waals surface area contributed by atoms with E-state index >= 15 is 0 Å². The first-order valence-electron chi connectivity index (χ1n) is 8.75. The zero-order chi connectivity index (χ0) is 17.4. The lowest BCUT2D eigenvalue weighted by Crippen LogP contribution is -2.32. The Hall–Kier alpha value is -2.26. The molecule has 1 fully saturated rings. The molecule has 3 heterocycles. The highest BCUT2D eigenvalue weighted by molar-refractivity contribution is 6.30. The van der Waals surface area contributed by atoms with Crippen molar-refractivity contribution in [2.45, 2.75) is 26.7 Å². The maximum absolute atomic E-state index is 6.06. The van der Waals surface area contributed by atoms with Crippen molar-refractivity contribution in [2.24, 2.45) is 0 Å². The first kappa shape index (κ1) is 16.2. The molecule has 0 unspecified atom stereocenters. The summed E-state index contributed by atoms with van der Waals surface area (Å²) in [6.45, 7) is 6.31. The SMILES string of the molecule is C/C(=C1\CCCN(c2ncc(Cl)cc2C)C1)c1ccc2[nH]ccc2c1. The van der Waals surface area contributed by atoms with Crippen LogP contribution in [-0.4, -0.2) is 23.1 Å². The van der Waals surface area contributed by atoms with Gasteiger partial charge in [0.25, 0.3) is 0 Å². The number of nitrogens with zero attached hydrogens (tertiary/aromatic N) is 2. The average molecular weight is 352 g/mol. The number of aromatic amines is 1. The second-order valence-electron chi connectivity index (χ2n) is 6.83. The third kappa shape index (κ3) is 3.16. The number of hydrogen-bond acceptors (Lipinski definition) is 2. The summed E-state index contributed by atoms with van der Waals surface area (Å²) in [5.74, 6) is 1.05. The van der Waals surface area contributed by atoms with Crippen molar-refractivity contribution in [1.29, 1.82) is 0 Å². The zero-order valence-electron chi connectivity index (χ0n) is 14.6. The molecule has 1 aromatic carbocycles. The van der Waals surface area contributed by atoms with Gasteiger partial charge >= 0.3 is 0 Å². The first-order chi connectivity index (χ1) is 12.1. The highest BCUT2D eigenvalue weighted by Gasteiger charge is 2.19. The van der Waals surface area contributed by atoms with E-state index in [1.165, 1.54) is 27.6 Å². The Morgan fingerprint density at radius 3 is 2.96 bits per heavy atom. The Balaban J connectivity index is 1.65. The Bertz CT molecular complexity index is 955. The van der Waals surface area contributed by atoms with Gasteiger partial charge in [-0.25, -0.2) is 4.98 Å². The number of benzene rings is 1. The molecule has 0 atom stereocenters. The summed E-state index contributed by atoms with van der Waals surface area (Å²) < 4.78 is 0. The molecule has 1 N–H and O–H groups in total. The molecule has 4 rings (SSSR count). The van der Waals surface area contributed by atoms with E-state index in [1.54, 1.807) is 6.20 Å². The summed E-state index contributed by atoms with van der Waals surface area (Å²) in [6.07, 6.45) is 6.05. The van der Waals surface area contributed by atoms with E-state index in [1.807, 2.05) is 12.3 Å². The summed E-state index contributed by atoms with van der Waals surface area (Å²) in [7, 11) is 0. The normalized spacial score (nSPS) is 17.2.